The molecule has 1 aliphatic rings. The molecule has 3 rings (SSSR count). The molecule has 0 spiro atoms. The largest absolute Gasteiger partial charge is 0.382 e. The number of methoxy groups -OCH3 is 1. The molecule has 1 fully saturated rings. The molecular weight excluding hydrogens is 448 g/mol. The predicted octanol–water partition coefficient (Wildman–Crippen LogP) is 2.17. The first-order chi connectivity index (χ1) is 16.0. The second-order valence-corrected chi connectivity index (χ2v) is 8.14. The summed E-state index contributed by atoms with van der Waals surface area (Å²) >= 11 is 6.38. The number of aromatic nitrogens is 3. The third-order valence-corrected chi connectivity index (χ3v) is 5.87. The molecule has 33 heavy (non-hydrogen) atoms. The van der Waals surface area contributed by atoms with E-state index in [0.29, 0.717) is 61.7 Å². The Balaban J connectivity index is 1.43. The number of likely N-dealkylation sites (tertiary alicyclic amines) is 1. The van der Waals surface area contributed by atoms with E-state index in [0.717, 1.165) is 18.4 Å². The van der Waals surface area contributed by atoms with Crippen LogP contribution in [0.1, 0.15) is 18.4 Å². The maximum atomic E-state index is 12.3. The van der Waals surface area contributed by atoms with E-state index in [9.17, 15) is 4.79 Å². The summed E-state index contributed by atoms with van der Waals surface area (Å²) in [4.78, 5) is 18.5. The van der Waals surface area contributed by atoms with Gasteiger partial charge in [0.05, 0.1) is 31.5 Å². The molecule has 0 aliphatic carbocycles. The fraction of sp³-hybridized carbons (Fsp3) is 0.545. The minimum atomic E-state index is -0.0214. The van der Waals surface area contributed by atoms with Crippen molar-refractivity contribution in [1.82, 2.24) is 20.1 Å². The number of piperidine rings is 1. The lowest BCUT2D eigenvalue weighted by Crippen LogP contribution is -2.44. The molecule has 0 atom stereocenters. The highest BCUT2D eigenvalue weighted by atomic mass is 35.5. The summed E-state index contributed by atoms with van der Waals surface area (Å²) in [5.41, 5.74) is 8.23. The number of nitrogens with two attached hydrogens (primary N) is 1. The molecule has 3 N–H and O–H groups in total. The monoisotopic (exact) mass is 478 g/mol. The van der Waals surface area contributed by atoms with Gasteiger partial charge in [-0.05, 0) is 25.3 Å². The SMILES string of the molecule is COCCOCCOCC(=O)N1CCC(Nc2nnc(-c3cccc(C)c3Cl)c(N)n2)CC1. The van der Waals surface area contributed by atoms with E-state index in [1.54, 1.807) is 12.0 Å². The third kappa shape index (κ3) is 7.23. The van der Waals surface area contributed by atoms with Crippen LogP contribution >= 0.6 is 11.6 Å². The van der Waals surface area contributed by atoms with Crippen molar-refractivity contribution in [2.24, 2.45) is 0 Å². The average Bonchev–Trinajstić information content (AvgIpc) is 2.81. The second kappa shape index (κ2) is 12.6. The lowest BCUT2D eigenvalue weighted by molar-refractivity contribution is -0.137. The summed E-state index contributed by atoms with van der Waals surface area (Å²) in [5, 5.41) is 12.3. The van der Waals surface area contributed by atoms with Gasteiger partial charge >= 0.3 is 0 Å². The lowest BCUT2D eigenvalue weighted by Gasteiger charge is -2.32. The summed E-state index contributed by atoms with van der Waals surface area (Å²) in [6.07, 6.45) is 1.53. The van der Waals surface area contributed by atoms with Crippen LogP contribution in [0, 0.1) is 6.92 Å². The van der Waals surface area contributed by atoms with Gasteiger partial charge in [0.2, 0.25) is 11.9 Å². The number of nitrogens with one attached hydrogen (secondary N) is 1. The van der Waals surface area contributed by atoms with E-state index in [-0.39, 0.29) is 24.4 Å². The Labute approximate surface area is 198 Å². The zero-order valence-corrected chi connectivity index (χ0v) is 19.8. The molecule has 0 bridgehead atoms. The normalized spacial score (nSPS) is 14.5. The first-order valence-electron chi connectivity index (χ1n) is 10.9. The van der Waals surface area contributed by atoms with Crippen LogP contribution in [0.2, 0.25) is 5.02 Å². The Morgan fingerprint density at radius 2 is 1.91 bits per heavy atom. The standard InChI is InChI=1S/C22H31ClN6O4/c1-15-4-3-5-17(19(15)23)20-21(24)26-22(28-27-20)25-16-6-8-29(9-7-16)18(30)14-33-13-12-32-11-10-31-2/h3-5,16H,6-14H2,1-2H3,(H3,24,25,26,28). The van der Waals surface area contributed by atoms with Gasteiger partial charge in [-0.2, -0.15) is 4.98 Å². The third-order valence-electron chi connectivity index (χ3n) is 5.37. The van der Waals surface area contributed by atoms with Crippen LogP contribution in [0.5, 0.6) is 0 Å². The van der Waals surface area contributed by atoms with E-state index in [2.05, 4.69) is 20.5 Å². The highest BCUT2D eigenvalue weighted by molar-refractivity contribution is 6.34. The number of halogens is 1. The van der Waals surface area contributed by atoms with Crippen molar-refractivity contribution in [3.05, 3.63) is 28.8 Å². The molecule has 11 heteroatoms. The van der Waals surface area contributed by atoms with Crippen LogP contribution in [0.15, 0.2) is 18.2 Å². The van der Waals surface area contributed by atoms with E-state index in [1.807, 2.05) is 25.1 Å². The molecule has 2 heterocycles. The fourth-order valence-electron chi connectivity index (χ4n) is 3.49. The molecule has 10 nitrogen and oxygen atoms in total. The Bertz CT molecular complexity index is 924. The first-order valence-corrected chi connectivity index (χ1v) is 11.3. The van der Waals surface area contributed by atoms with Gasteiger partial charge in [0, 0.05) is 31.8 Å². The number of amides is 1. The Kier molecular flexibility index (Phi) is 9.61. The van der Waals surface area contributed by atoms with Crippen molar-refractivity contribution in [3.63, 3.8) is 0 Å². The number of hydrogen-bond donors (Lipinski definition) is 2. The minimum absolute atomic E-state index is 0.0214. The molecule has 1 aromatic heterocycles. The number of hydrogen-bond acceptors (Lipinski definition) is 9. The molecular formula is C22H31ClN6O4. The van der Waals surface area contributed by atoms with E-state index in [1.165, 1.54) is 0 Å². The lowest BCUT2D eigenvalue weighted by atomic mass is 10.1. The van der Waals surface area contributed by atoms with E-state index < -0.39 is 0 Å². The van der Waals surface area contributed by atoms with Crippen LogP contribution in [0.25, 0.3) is 11.3 Å². The number of rotatable bonds is 11. The number of carbonyl (C=O) groups excluding carboxylic acids is 1. The summed E-state index contributed by atoms with van der Waals surface area (Å²) in [6, 6.07) is 5.77. The smallest absolute Gasteiger partial charge is 0.248 e. The number of carbonyl (C=O) groups is 1. The molecule has 1 saturated heterocycles. The molecule has 0 saturated carbocycles. The summed E-state index contributed by atoms with van der Waals surface area (Å²) in [7, 11) is 1.62. The van der Waals surface area contributed by atoms with Gasteiger partial charge in [-0.15, -0.1) is 10.2 Å². The number of nitrogen functional groups attached to an aromatic ring is 1. The predicted molar refractivity (Wildman–Crippen MR) is 126 cm³/mol. The van der Waals surface area contributed by atoms with Gasteiger partial charge in [-0.1, -0.05) is 29.8 Å². The summed E-state index contributed by atoms with van der Waals surface area (Å²) < 4.78 is 15.6. The second-order valence-electron chi connectivity index (χ2n) is 7.76. The Morgan fingerprint density at radius 1 is 1.18 bits per heavy atom. The fourth-order valence-corrected chi connectivity index (χ4v) is 3.71. The van der Waals surface area contributed by atoms with Crippen molar-refractivity contribution < 1.29 is 19.0 Å². The maximum absolute atomic E-state index is 12.3. The van der Waals surface area contributed by atoms with Crippen LogP contribution in [-0.4, -0.2) is 85.3 Å². The quantitative estimate of drug-likeness (QED) is 0.467. The van der Waals surface area contributed by atoms with Crippen LogP contribution in [0.4, 0.5) is 11.8 Å². The highest BCUT2D eigenvalue weighted by Gasteiger charge is 2.24. The first kappa shape index (κ1) is 25.1. The number of benzene rings is 1. The molecule has 0 unspecified atom stereocenters. The zero-order chi connectivity index (χ0) is 23.6. The number of aryl methyl sites for hydroxylation is 1. The number of anilines is 2. The van der Waals surface area contributed by atoms with Crippen LogP contribution in [-0.2, 0) is 19.0 Å². The van der Waals surface area contributed by atoms with E-state index >= 15 is 0 Å². The molecule has 1 amide bonds. The van der Waals surface area contributed by atoms with Gasteiger partial charge in [0.1, 0.15) is 12.3 Å². The van der Waals surface area contributed by atoms with Crippen molar-refractivity contribution in [1.29, 1.82) is 0 Å². The Hall–Kier alpha value is -2.53. The van der Waals surface area contributed by atoms with Gasteiger partial charge in [-0.3, -0.25) is 4.79 Å². The van der Waals surface area contributed by atoms with Crippen molar-refractivity contribution in [3.8, 4) is 11.3 Å². The summed E-state index contributed by atoms with van der Waals surface area (Å²) in [5.74, 6) is 0.601. The van der Waals surface area contributed by atoms with Gasteiger partial charge in [0.25, 0.3) is 0 Å². The highest BCUT2D eigenvalue weighted by Crippen LogP contribution is 2.31. The van der Waals surface area contributed by atoms with Crippen LogP contribution < -0.4 is 11.1 Å². The van der Waals surface area contributed by atoms with Crippen LogP contribution in [0.3, 0.4) is 0 Å². The molecule has 0 radical (unpaired) electrons. The summed E-state index contributed by atoms with van der Waals surface area (Å²) in [6.45, 7) is 5.10. The molecule has 180 valence electrons. The number of nitrogens with zero attached hydrogens (tertiary/aromatic N) is 4. The van der Waals surface area contributed by atoms with Gasteiger partial charge in [0.15, 0.2) is 5.82 Å². The minimum Gasteiger partial charge on any atom is -0.382 e. The van der Waals surface area contributed by atoms with Crippen molar-refractivity contribution >= 4 is 29.3 Å². The van der Waals surface area contributed by atoms with Crippen molar-refractivity contribution in [2.45, 2.75) is 25.8 Å². The maximum Gasteiger partial charge on any atom is 0.248 e. The molecule has 1 aromatic carbocycles. The average molecular weight is 479 g/mol. The molecule has 2 aromatic rings. The zero-order valence-electron chi connectivity index (χ0n) is 19.1. The molecule has 1 aliphatic heterocycles. The van der Waals surface area contributed by atoms with Crippen molar-refractivity contribution in [2.75, 3.05) is 64.3 Å². The number of ether oxygens (including phenoxy) is 3. The Morgan fingerprint density at radius 3 is 2.64 bits per heavy atom. The van der Waals surface area contributed by atoms with E-state index in [4.69, 9.17) is 31.5 Å². The van der Waals surface area contributed by atoms with Gasteiger partial charge in [-0.25, -0.2) is 0 Å². The topological polar surface area (TPSA) is 125 Å². The van der Waals surface area contributed by atoms with Gasteiger partial charge < -0.3 is 30.2 Å².